The van der Waals surface area contributed by atoms with Crippen LogP contribution in [-0.2, 0) is 19.1 Å². The van der Waals surface area contributed by atoms with Crippen LogP contribution in [0.3, 0.4) is 0 Å². The van der Waals surface area contributed by atoms with Crippen LogP contribution in [0.2, 0.25) is 0 Å². The zero-order valence-corrected chi connectivity index (χ0v) is 18.3. The van der Waals surface area contributed by atoms with Crippen LogP contribution < -0.4 is 4.90 Å². The van der Waals surface area contributed by atoms with E-state index in [1.165, 1.54) is 20.3 Å². The highest BCUT2D eigenvalue weighted by molar-refractivity contribution is 6.06. The van der Waals surface area contributed by atoms with Crippen molar-refractivity contribution in [3.05, 3.63) is 89.8 Å². The molecule has 0 aliphatic carbocycles. The highest BCUT2D eigenvalue weighted by Crippen LogP contribution is 2.35. The van der Waals surface area contributed by atoms with Crippen molar-refractivity contribution in [3.8, 4) is 22.8 Å². The quantitative estimate of drug-likeness (QED) is 0.542. The highest BCUT2D eigenvalue weighted by atomic mass is 16.5. The fourth-order valence-corrected chi connectivity index (χ4v) is 3.37. The number of aromatic nitrogens is 2. The lowest BCUT2D eigenvalue weighted by Crippen LogP contribution is -2.27. The molecule has 0 atom stereocenters. The summed E-state index contributed by atoms with van der Waals surface area (Å²) in [6.07, 6.45) is 6.48. The van der Waals surface area contributed by atoms with Gasteiger partial charge >= 0.3 is 11.9 Å². The lowest BCUT2D eigenvalue weighted by molar-refractivity contribution is -0.139. The minimum absolute atomic E-state index is 0.0000679. The smallest absolute Gasteiger partial charge is 0.355 e. The van der Waals surface area contributed by atoms with E-state index in [0.717, 1.165) is 11.1 Å². The predicted octanol–water partition coefficient (Wildman–Crippen LogP) is 4.20. The third kappa shape index (κ3) is 4.31. The Morgan fingerprint density at radius 2 is 1.67 bits per heavy atom. The summed E-state index contributed by atoms with van der Waals surface area (Å²) in [4.78, 5) is 31.3. The summed E-state index contributed by atoms with van der Waals surface area (Å²) >= 11 is 0. The molecule has 8 nitrogen and oxygen atoms in total. The molecule has 0 spiro atoms. The van der Waals surface area contributed by atoms with Crippen molar-refractivity contribution in [3.63, 3.8) is 0 Å². The summed E-state index contributed by atoms with van der Waals surface area (Å²) in [7, 11) is 2.50. The molecule has 3 aromatic rings. The van der Waals surface area contributed by atoms with Gasteiger partial charge in [0.1, 0.15) is 5.70 Å². The Hall–Kier alpha value is -4.46. The maximum Gasteiger partial charge on any atom is 0.355 e. The van der Waals surface area contributed by atoms with Gasteiger partial charge < -0.3 is 18.9 Å². The van der Waals surface area contributed by atoms with Gasteiger partial charge in [-0.25, -0.2) is 9.59 Å². The normalized spacial score (nSPS) is 13.1. The van der Waals surface area contributed by atoms with Gasteiger partial charge in [0.25, 0.3) is 5.89 Å². The summed E-state index contributed by atoms with van der Waals surface area (Å²) < 4.78 is 15.4. The minimum atomic E-state index is -0.702. The van der Waals surface area contributed by atoms with E-state index in [4.69, 9.17) is 14.0 Å². The Kier molecular flexibility index (Phi) is 6.17. The van der Waals surface area contributed by atoms with Gasteiger partial charge in [0, 0.05) is 11.8 Å². The van der Waals surface area contributed by atoms with Crippen LogP contribution >= 0.6 is 0 Å². The van der Waals surface area contributed by atoms with E-state index < -0.39 is 11.9 Å². The number of methoxy groups -OCH3 is 2. The molecule has 8 heteroatoms. The molecule has 0 saturated heterocycles. The topological polar surface area (TPSA) is 94.8 Å². The molecular weight excluding hydrogens is 422 g/mol. The number of hydrogen-bond acceptors (Lipinski definition) is 8. The van der Waals surface area contributed by atoms with Crippen molar-refractivity contribution in [2.75, 3.05) is 19.1 Å². The number of anilines is 1. The first-order valence-corrected chi connectivity index (χ1v) is 10.1. The molecule has 1 aliphatic rings. The van der Waals surface area contributed by atoms with Crippen molar-refractivity contribution in [2.45, 2.75) is 6.92 Å². The lowest BCUT2D eigenvalue weighted by atomic mass is 10.1. The number of hydrogen-bond donors (Lipinski definition) is 0. The molecule has 0 saturated carbocycles. The molecule has 0 radical (unpaired) electrons. The van der Waals surface area contributed by atoms with Crippen molar-refractivity contribution < 1.29 is 23.6 Å². The summed E-state index contributed by atoms with van der Waals surface area (Å²) in [6.45, 7) is 2.00. The second kappa shape index (κ2) is 9.35. The van der Waals surface area contributed by atoms with E-state index in [9.17, 15) is 9.59 Å². The van der Waals surface area contributed by atoms with Gasteiger partial charge in [0.05, 0.1) is 31.0 Å². The largest absolute Gasteiger partial charge is 0.465 e. The second-order valence-corrected chi connectivity index (χ2v) is 7.12. The van der Waals surface area contributed by atoms with Gasteiger partial charge in [-0.3, -0.25) is 0 Å². The number of aryl methyl sites for hydroxylation is 1. The summed E-state index contributed by atoms with van der Waals surface area (Å²) in [5.41, 5.74) is 3.10. The van der Waals surface area contributed by atoms with Gasteiger partial charge in [0.15, 0.2) is 0 Å². The Labute approximate surface area is 190 Å². The SMILES string of the molecule is COC(=O)C1=C(C(=O)OC)N(c2ccccc2-c2nc(-c3ccc(C)cc3)no2)C=CC=C1. The van der Waals surface area contributed by atoms with Gasteiger partial charge in [-0.1, -0.05) is 53.2 Å². The summed E-state index contributed by atoms with van der Waals surface area (Å²) in [5, 5.41) is 4.11. The molecule has 0 bridgehead atoms. The van der Waals surface area contributed by atoms with Crippen LogP contribution in [0.25, 0.3) is 22.8 Å². The van der Waals surface area contributed by atoms with Gasteiger partial charge in [-0.15, -0.1) is 0 Å². The molecule has 166 valence electrons. The van der Waals surface area contributed by atoms with E-state index >= 15 is 0 Å². The maximum absolute atomic E-state index is 12.7. The molecule has 2 heterocycles. The second-order valence-electron chi connectivity index (χ2n) is 7.12. The molecule has 0 unspecified atom stereocenters. The summed E-state index contributed by atoms with van der Waals surface area (Å²) in [6, 6.07) is 15.0. The minimum Gasteiger partial charge on any atom is -0.465 e. The van der Waals surface area contributed by atoms with Crippen LogP contribution in [0.5, 0.6) is 0 Å². The molecule has 1 aliphatic heterocycles. The molecule has 2 aromatic carbocycles. The molecule has 0 fully saturated rings. The fourth-order valence-electron chi connectivity index (χ4n) is 3.37. The van der Waals surface area contributed by atoms with Crippen molar-refractivity contribution in [1.29, 1.82) is 0 Å². The molecular formula is C25H21N3O5. The van der Waals surface area contributed by atoms with Gasteiger partial charge in [-0.05, 0) is 31.2 Å². The van der Waals surface area contributed by atoms with Crippen LogP contribution in [0.15, 0.2) is 88.8 Å². The van der Waals surface area contributed by atoms with E-state index in [2.05, 4.69) is 10.1 Å². The standard InChI is InChI=1S/C25H21N3O5/c1-16-11-13-17(14-12-16)22-26-23(33-27-22)18-8-4-5-10-20(18)28-15-7-6-9-19(24(29)31-2)21(28)25(30)32-3/h4-15H,1-3H3. The Balaban J connectivity index is 1.83. The monoisotopic (exact) mass is 443 g/mol. The zero-order chi connectivity index (χ0) is 23.4. The number of nitrogens with zero attached hydrogens (tertiary/aromatic N) is 3. The fraction of sp³-hybridized carbons (Fsp3) is 0.120. The predicted molar refractivity (Wildman–Crippen MR) is 122 cm³/mol. The maximum atomic E-state index is 12.7. The van der Waals surface area contributed by atoms with Crippen LogP contribution in [0.4, 0.5) is 5.69 Å². The van der Waals surface area contributed by atoms with Crippen LogP contribution in [0.1, 0.15) is 5.56 Å². The number of allylic oxidation sites excluding steroid dienone is 2. The number of carbonyl (C=O) groups excluding carboxylic acids is 2. The average Bonchev–Trinajstić information content (AvgIpc) is 3.23. The third-order valence-corrected chi connectivity index (χ3v) is 5.02. The molecule has 4 rings (SSSR count). The van der Waals surface area contributed by atoms with Crippen LogP contribution in [0, 0.1) is 6.92 Å². The Bertz CT molecular complexity index is 1290. The first-order valence-electron chi connectivity index (χ1n) is 10.1. The van der Waals surface area contributed by atoms with Gasteiger partial charge in [0.2, 0.25) is 5.82 Å². The van der Waals surface area contributed by atoms with Crippen molar-refractivity contribution in [2.24, 2.45) is 0 Å². The average molecular weight is 443 g/mol. The number of rotatable bonds is 5. The molecule has 33 heavy (non-hydrogen) atoms. The Morgan fingerprint density at radius 3 is 2.39 bits per heavy atom. The van der Waals surface area contributed by atoms with E-state index in [1.807, 2.05) is 37.3 Å². The molecule has 1 aromatic heterocycles. The number of carbonyl (C=O) groups is 2. The van der Waals surface area contributed by atoms with Crippen molar-refractivity contribution in [1.82, 2.24) is 10.1 Å². The van der Waals surface area contributed by atoms with Gasteiger partial charge in [-0.2, -0.15) is 4.98 Å². The van der Waals surface area contributed by atoms with Crippen LogP contribution in [-0.4, -0.2) is 36.3 Å². The lowest BCUT2D eigenvalue weighted by Gasteiger charge is -2.24. The highest BCUT2D eigenvalue weighted by Gasteiger charge is 2.29. The third-order valence-electron chi connectivity index (χ3n) is 5.02. The van der Waals surface area contributed by atoms with E-state index in [-0.39, 0.29) is 17.2 Å². The number of para-hydroxylation sites is 1. The first kappa shape index (κ1) is 21.8. The molecule has 0 amide bonds. The molecule has 0 N–H and O–H groups in total. The summed E-state index contributed by atoms with van der Waals surface area (Å²) in [5.74, 6) is -0.674. The van der Waals surface area contributed by atoms with Crippen molar-refractivity contribution >= 4 is 17.6 Å². The number of benzene rings is 2. The zero-order valence-electron chi connectivity index (χ0n) is 18.3. The Morgan fingerprint density at radius 1 is 0.939 bits per heavy atom. The first-order chi connectivity index (χ1) is 16.0. The number of esters is 2. The number of ether oxygens (including phenoxy) is 2. The van der Waals surface area contributed by atoms with E-state index in [0.29, 0.717) is 17.1 Å². The van der Waals surface area contributed by atoms with E-state index in [1.54, 1.807) is 41.5 Å².